The summed E-state index contributed by atoms with van der Waals surface area (Å²) in [5.74, 6) is 0. The Hall–Kier alpha value is -1.65. The summed E-state index contributed by atoms with van der Waals surface area (Å²) in [6.07, 6.45) is -4.11. The van der Waals surface area contributed by atoms with Crippen LogP contribution < -0.4 is 0 Å². The van der Waals surface area contributed by atoms with E-state index in [-0.39, 0.29) is 11.8 Å². The zero-order valence-corrected chi connectivity index (χ0v) is 6.84. The zero-order valence-electron chi connectivity index (χ0n) is 6.84. The third-order valence-corrected chi connectivity index (χ3v) is 1.64. The summed E-state index contributed by atoms with van der Waals surface area (Å²) < 4.78 is 36.7. The number of benzene rings is 1. The molecule has 74 valence electrons. The Morgan fingerprint density at radius 1 is 1.07 bits per heavy atom. The third kappa shape index (κ3) is 1.99. The molecule has 0 heterocycles. The highest BCUT2D eigenvalue weighted by atomic mass is 19.4. The topological polar surface area (TPSA) is 34.1 Å². The monoisotopic (exact) mass is 202 g/mol. The minimum atomic E-state index is -4.57. The van der Waals surface area contributed by atoms with Crippen LogP contribution in [-0.2, 0) is 6.18 Å². The molecule has 14 heavy (non-hydrogen) atoms. The molecule has 0 atom stereocenters. The lowest BCUT2D eigenvalue weighted by molar-refractivity contribution is -0.137. The molecule has 0 bridgehead atoms. The van der Waals surface area contributed by atoms with Crippen LogP contribution in [0.4, 0.5) is 13.2 Å². The second kappa shape index (κ2) is 3.61. The van der Waals surface area contributed by atoms with E-state index in [0.29, 0.717) is 12.4 Å². The van der Waals surface area contributed by atoms with Crippen molar-refractivity contribution in [1.29, 1.82) is 0 Å². The van der Waals surface area contributed by atoms with Crippen LogP contribution in [0.15, 0.2) is 18.2 Å². The number of aldehydes is 2. The predicted molar refractivity (Wildman–Crippen MR) is 42.2 cm³/mol. The van der Waals surface area contributed by atoms with Crippen molar-refractivity contribution in [3.8, 4) is 0 Å². The van der Waals surface area contributed by atoms with Crippen molar-refractivity contribution in [3.05, 3.63) is 34.9 Å². The Bertz CT molecular complexity index is 369. The first-order chi connectivity index (χ1) is 6.49. The second-order valence-electron chi connectivity index (χ2n) is 2.58. The minimum absolute atomic E-state index is 0.0418. The highest BCUT2D eigenvalue weighted by Crippen LogP contribution is 2.31. The van der Waals surface area contributed by atoms with E-state index in [4.69, 9.17) is 0 Å². The van der Waals surface area contributed by atoms with Gasteiger partial charge >= 0.3 is 6.18 Å². The molecule has 0 aliphatic heterocycles. The average Bonchev–Trinajstić information content (AvgIpc) is 2.15. The maximum Gasteiger partial charge on any atom is 0.417 e. The summed E-state index contributed by atoms with van der Waals surface area (Å²) in [7, 11) is 0. The van der Waals surface area contributed by atoms with Crippen LogP contribution in [0.5, 0.6) is 0 Å². The van der Waals surface area contributed by atoms with Crippen LogP contribution >= 0.6 is 0 Å². The first-order valence-electron chi connectivity index (χ1n) is 3.60. The standard InChI is InChI=1S/C9H5F3O2/c10-9(11,12)8-2-1-6(4-13)3-7(8)5-14/h1-5H. The summed E-state index contributed by atoms with van der Waals surface area (Å²) in [6, 6.07) is 2.64. The van der Waals surface area contributed by atoms with Gasteiger partial charge in [0.05, 0.1) is 5.56 Å². The van der Waals surface area contributed by atoms with Gasteiger partial charge in [-0.05, 0) is 12.1 Å². The minimum Gasteiger partial charge on any atom is -0.298 e. The zero-order chi connectivity index (χ0) is 10.8. The van der Waals surface area contributed by atoms with Crippen LogP contribution in [0.1, 0.15) is 26.3 Å². The van der Waals surface area contributed by atoms with Crippen LogP contribution in [-0.4, -0.2) is 12.6 Å². The van der Waals surface area contributed by atoms with E-state index < -0.39 is 17.3 Å². The molecule has 0 saturated carbocycles. The number of halogens is 3. The molecule has 1 aromatic rings. The van der Waals surface area contributed by atoms with Gasteiger partial charge in [0.25, 0.3) is 0 Å². The lowest BCUT2D eigenvalue weighted by Crippen LogP contribution is -2.09. The summed E-state index contributed by atoms with van der Waals surface area (Å²) in [4.78, 5) is 20.6. The van der Waals surface area contributed by atoms with Crippen molar-refractivity contribution in [2.24, 2.45) is 0 Å². The van der Waals surface area contributed by atoms with Crippen molar-refractivity contribution in [1.82, 2.24) is 0 Å². The van der Waals surface area contributed by atoms with Gasteiger partial charge in [-0.1, -0.05) is 6.07 Å². The van der Waals surface area contributed by atoms with Crippen molar-refractivity contribution in [3.63, 3.8) is 0 Å². The van der Waals surface area contributed by atoms with Crippen LogP contribution in [0.2, 0.25) is 0 Å². The van der Waals surface area contributed by atoms with Crippen molar-refractivity contribution >= 4 is 12.6 Å². The molecule has 0 saturated heterocycles. The first-order valence-corrected chi connectivity index (χ1v) is 3.60. The number of rotatable bonds is 2. The van der Waals surface area contributed by atoms with Gasteiger partial charge in [-0.25, -0.2) is 0 Å². The highest BCUT2D eigenvalue weighted by molar-refractivity contribution is 5.83. The Balaban J connectivity index is 3.32. The van der Waals surface area contributed by atoms with Gasteiger partial charge < -0.3 is 0 Å². The average molecular weight is 202 g/mol. The van der Waals surface area contributed by atoms with Crippen LogP contribution in [0, 0.1) is 0 Å². The molecule has 0 spiro atoms. The molecular formula is C9H5F3O2. The van der Waals surface area contributed by atoms with E-state index in [1.807, 2.05) is 0 Å². The molecular weight excluding hydrogens is 197 g/mol. The molecule has 0 N–H and O–H groups in total. The summed E-state index contributed by atoms with van der Waals surface area (Å²) in [5, 5.41) is 0. The van der Waals surface area contributed by atoms with Gasteiger partial charge in [-0.15, -0.1) is 0 Å². The molecule has 0 fully saturated rings. The number of hydrogen-bond acceptors (Lipinski definition) is 2. The number of carbonyl (C=O) groups is 2. The fraction of sp³-hybridized carbons (Fsp3) is 0.111. The molecule has 0 aliphatic carbocycles. The van der Waals surface area contributed by atoms with E-state index in [9.17, 15) is 22.8 Å². The van der Waals surface area contributed by atoms with Crippen molar-refractivity contribution in [2.75, 3.05) is 0 Å². The quantitative estimate of drug-likeness (QED) is 0.689. The Morgan fingerprint density at radius 3 is 2.14 bits per heavy atom. The summed E-state index contributed by atoms with van der Waals surface area (Å²) in [6.45, 7) is 0. The van der Waals surface area contributed by atoms with Crippen molar-refractivity contribution in [2.45, 2.75) is 6.18 Å². The summed E-state index contributed by atoms with van der Waals surface area (Å²) in [5.41, 5.74) is -1.51. The molecule has 5 heteroatoms. The van der Waals surface area contributed by atoms with Crippen LogP contribution in [0.3, 0.4) is 0 Å². The van der Waals surface area contributed by atoms with Gasteiger partial charge in [-0.2, -0.15) is 13.2 Å². The molecule has 1 rings (SSSR count). The predicted octanol–water partition coefficient (Wildman–Crippen LogP) is 2.33. The van der Waals surface area contributed by atoms with E-state index >= 15 is 0 Å². The second-order valence-corrected chi connectivity index (χ2v) is 2.58. The Morgan fingerprint density at radius 2 is 1.71 bits per heavy atom. The molecule has 2 nitrogen and oxygen atoms in total. The van der Waals surface area contributed by atoms with Gasteiger partial charge in [0, 0.05) is 11.1 Å². The van der Waals surface area contributed by atoms with E-state index in [2.05, 4.69) is 0 Å². The molecule has 1 aromatic carbocycles. The lowest BCUT2D eigenvalue weighted by Gasteiger charge is -2.08. The van der Waals surface area contributed by atoms with Gasteiger partial charge in [0.2, 0.25) is 0 Å². The van der Waals surface area contributed by atoms with E-state index in [1.165, 1.54) is 0 Å². The smallest absolute Gasteiger partial charge is 0.298 e. The van der Waals surface area contributed by atoms with Crippen molar-refractivity contribution < 1.29 is 22.8 Å². The van der Waals surface area contributed by atoms with E-state index in [1.54, 1.807) is 0 Å². The van der Waals surface area contributed by atoms with Gasteiger partial charge in [0.15, 0.2) is 6.29 Å². The SMILES string of the molecule is O=Cc1ccc(C(F)(F)F)c(C=O)c1. The van der Waals surface area contributed by atoms with Gasteiger partial charge in [-0.3, -0.25) is 9.59 Å². The molecule has 0 unspecified atom stereocenters. The molecule has 0 aliphatic rings. The first kappa shape index (κ1) is 10.4. The van der Waals surface area contributed by atoms with E-state index in [0.717, 1.165) is 12.1 Å². The number of carbonyl (C=O) groups excluding carboxylic acids is 2. The maximum absolute atomic E-state index is 12.2. The lowest BCUT2D eigenvalue weighted by atomic mass is 10.1. The maximum atomic E-state index is 12.2. The Labute approximate surface area is 77.3 Å². The molecule has 0 aromatic heterocycles. The fourth-order valence-corrected chi connectivity index (χ4v) is 1.01. The van der Waals surface area contributed by atoms with Crippen LogP contribution in [0.25, 0.3) is 0 Å². The molecule has 0 amide bonds. The number of hydrogen-bond donors (Lipinski definition) is 0. The number of alkyl halides is 3. The highest BCUT2D eigenvalue weighted by Gasteiger charge is 2.33. The molecule has 0 radical (unpaired) electrons. The summed E-state index contributed by atoms with van der Waals surface area (Å²) >= 11 is 0. The Kier molecular flexibility index (Phi) is 2.69. The normalized spacial score (nSPS) is 11.1. The van der Waals surface area contributed by atoms with Gasteiger partial charge in [0.1, 0.15) is 6.29 Å². The third-order valence-electron chi connectivity index (χ3n) is 1.64. The largest absolute Gasteiger partial charge is 0.417 e. The fourth-order valence-electron chi connectivity index (χ4n) is 1.01.